The van der Waals surface area contributed by atoms with Crippen molar-refractivity contribution in [1.29, 1.82) is 0 Å². The quantitative estimate of drug-likeness (QED) is 0.621. The van der Waals surface area contributed by atoms with Crippen LogP contribution in [0.25, 0.3) is 11.1 Å². The number of oxazole rings is 1. The summed E-state index contributed by atoms with van der Waals surface area (Å²) in [5.41, 5.74) is 0.505. The van der Waals surface area contributed by atoms with Crippen LogP contribution in [0.4, 0.5) is 11.7 Å². The molecule has 1 aromatic heterocycles. The third-order valence-electron chi connectivity index (χ3n) is 2.43. The number of fused-ring (bicyclic) bond motifs is 1. The number of para-hydroxylation sites is 1. The predicted molar refractivity (Wildman–Crippen MR) is 65.5 cm³/mol. The molecule has 0 saturated carbocycles. The molecule has 0 bridgehead atoms. The molecule has 0 aliphatic carbocycles. The summed E-state index contributed by atoms with van der Waals surface area (Å²) in [5.74, 6) is 0. The van der Waals surface area contributed by atoms with Gasteiger partial charge >= 0.3 is 0 Å². The molecule has 0 radical (unpaired) electrons. The fourth-order valence-corrected chi connectivity index (χ4v) is 1.54. The van der Waals surface area contributed by atoms with Crippen LogP contribution in [-0.2, 0) is 0 Å². The van der Waals surface area contributed by atoms with Crippen molar-refractivity contribution in [2.45, 2.75) is 19.4 Å². The Kier molecular flexibility index (Phi) is 3.42. The van der Waals surface area contributed by atoms with Crippen molar-refractivity contribution >= 4 is 22.8 Å². The first-order chi connectivity index (χ1) is 8.58. The SMILES string of the molecule is CC(O)CCNc1nc2c([N+](=O)[O-])cccc2o1. The Morgan fingerprint density at radius 3 is 3.06 bits per heavy atom. The number of anilines is 1. The largest absolute Gasteiger partial charge is 0.423 e. The summed E-state index contributed by atoms with van der Waals surface area (Å²) in [4.78, 5) is 14.3. The summed E-state index contributed by atoms with van der Waals surface area (Å²) in [6.45, 7) is 2.16. The van der Waals surface area contributed by atoms with Gasteiger partial charge in [-0.1, -0.05) is 6.07 Å². The Morgan fingerprint density at radius 1 is 1.61 bits per heavy atom. The summed E-state index contributed by atoms with van der Waals surface area (Å²) in [6, 6.07) is 4.77. The van der Waals surface area contributed by atoms with Crippen LogP contribution < -0.4 is 5.32 Å². The lowest BCUT2D eigenvalue weighted by atomic mass is 10.3. The summed E-state index contributed by atoms with van der Waals surface area (Å²) >= 11 is 0. The maximum atomic E-state index is 10.8. The van der Waals surface area contributed by atoms with Gasteiger partial charge in [0.15, 0.2) is 11.1 Å². The third-order valence-corrected chi connectivity index (χ3v) is 2.43. The Bertz CT molecular complexity index is 564. The van der Waals surface area contributed by atoms with Crippen LogP contribution in [0.15, 0.2) is 22.6 Å². The summed E-state index contributed by atoms with van der Waals surface area (Å²) in [5, 5.41) is 22.8. The second-order valence-electron chi connectivity index (χ2n) is 3.96. The van der Waals surface area contributed by atoms with E-state index in [0.717, 1.165) is 0 Å². The van der Waals surface area contributed by atoms with Gasteiger partial charge < -0.3 is 14.8 Å². The molecule has 7 heteroatoms. The van der Waals surface area contributed by atoms with Crippen molar-refractivity contribution in [2.24, 2.45) is 0 Å². The highest BCUT2D eigenvalue weighted by Gasteiger charge is 2.17. The van der Waals surface area contributed by atoms with E-state index in [4.69, 9.17) is 9.52 Å². The van der Waals surface area contributed by atoms with E-state index in [1.165, 1.54) is 6.07 Å². The van der Waals surface area contributed by atoms with Gasteiger partial charge in [0.25, 0.3) is 11.7 Å². The lowest BCUT2D eigenvalue weighted by Crippen LogP contribution is -2.09. The average molecular weight is 251 g/mol. The van der Waals surface area contributed by atoms with Crippen molar-refractivity contribution < 1.29 is 14.4 Å². The highest BCUT2D eigenvalue weighted by Crippen LogP contribution is 2.27. The number of aliphatic hydroxyl groups is 1. The molecule has 1 unspecified atom stereocenters. The fraction of sp³-hybridized carbons (Fsp3) is 0.364. The smallest absolute Gasteiger partial charge is 0.298 e. The van der Waals surface area contributed by atoms with Crippen molar-refractivity contribution in [2.75, 3.05) is 11.9 Å². The number of nitrogens with zero attached hydrogens (tertiary/aromatic N) is 2. The lowest BCUT2D eigenvalue weighted by Gasteiger charge is -2.03. The number of hydrogen-bond donors (Lipinski definition) is 2. The molecule has 0 aliphatic rings. The number of aromatic nitrogens is 1. The molecule has 0 amide bonds. The first-order valence-corrected chi connectivity index (χ1v) is 5.54. The topological polar surface area (TPSA) is 101 Å². The zero-order chi connectivity index (χ0) is 13.1. The van der Waals surface area contributed by atoms with E-state index in [2.05, 4.69) is 10.3 Å². The molecule has 1 heterocycles. The summed E-state index contributed by atoms with van der Waals surface area (Å²) < 4.78 is 5.33. The normalized spacial score (nSPS) is 12.6. The monoisotopic (exact) mass is 251 g/mol. The van der Waals surface area contributed by atoms with E-state index >= 15 is 0 Å². The first-order valence-electron chi connectivity index (χ1n) is 5.54. The minimum absolute atomic E-state index is 0.0835. The van der Waals surface area contributed by atoms with Gasteiger partial charge in [-0.3, -0.25) is 10.1 Å². The van der Waals surface area contributed by atoms with E-state index in [9.17, 15) is 10.1 Å². The first kappa shape index (κ1) is 12.3. The Labute approximate surface area is 103 Å². The highest BCUT2D eigenvalue weighted by molar-refractivity contribution is 5.83. The second-order valence-corrected chi connectivity index (χ2v) is 3.96. The number of nitro benzene ring substituents is 1. The van der Waals surface area contributed by atoms with E-state index in [1.54, 1.807) is 19.1 Å². The lowest BCUT2D eigenvalue weighted by molar-refractivity contribution is -0.383. The minimum Gasteiger partial charge on any atom is -0.423 e. The number of rotatable bonds is 5. The van der Waals surface area contributed by atoms with Gasteiger partial charge in [-0.2, -0.15) is 4.98 Å². The van der Waals surface area contributed by atoms with Gasteiger partial charge in [0.2, 0.25) is 0 Å². The van der Waals surface area contributed by atoms with Crippen LogP contribution in [0.3, 0.4) is 0 Å². The van der Waals surface area contributed by atoms with Crippen molar-refractivity contribution in [3.8, 4) is 0 Å². The molecular formula is C11H13N3O4. The molecule has 0 saturated heterocycles. The fourth-order valence-electron chi connectivity index (χ4n) is 1.54. The molecule has 1 atom stereocenters. The van der Waals surface area contributed by atoms with E-state index < -0.39 is 11.0 Å². The van der Waals surface area contributed by atoms with Crippen molar-refractivity contribution in [1.82, 2.24) is 4.98 Å². The molecule has 2 aromatic rings. The van der Waals surface area contributed by atoms with Gasteiger partial charge in [0, 0.05) is 12.6 Å². The highest BCUT2D eigenvalue weighted by atomic mass is 16.6. The Morgan fingerprint density at radius 2 is 2.39 bits per heavy atom. The maximum absolute atomic E-state index is 10.8. The van der Waals surface area contributed by atoms with E-state index in [1.807, 2.05) is 0 Å². The number of nitro groups is 1. The standard InChI is InChI=1S/C11H13N3O4/c1-7(15)5-6-12-11-13-10-8(14(16)17)3-2-4-9(10)18-11/h2-4,7,15H,5-6H2,1H3,(H,12,13). The molecule has 1 aromatic carbocycles. The molecule has 2 N–H and O–H groups in total. The van der Waals surface area contributed by atoms with Crippen LogP contribution in [0.2, 0.25) is 0 Å². The summed E-state index contributed by atoms with van der Waals surface area (Å²) in [6.07, 6.45) is 0.122. The van der Waals surface area contributed by atoms with Crippen LogP contribution in [0.5, 0.6) is 0 Å². The Balaban J connectivity index is 2.22. The maximum Gasteiger partial charge on any atom is 0.298 e. The van der Waals surface area contributed by atoms with Crippen LogP contribution in [0.1, 0.15) is 13.3 Å². The second kappa shape index (κ2) is 5.01. The number of hydrogen-bond acceptors (Lipinski definition) is 6. The van der Waals surface area contributed by atoms with Crippen LogP contribution in [0, 0.1) is 10.1 Å². The average Bonchev–Trinajstić information content (AvgIpc) is 2.70. The van der Waals surface area contributed by atoms with Crippen LogP contribution >= 0.6 is 0 Å². The van der Waals surface area contributed by atoms with Crippen molar-refractivity contribution in [3.63, 3.8) is 0 Å². The summed E-state index contributed by atoms with van der Waals surface area (Å²) in [7, 11) is 0. The van der Waals surface area contributed by atoms with Crippen LogP contribution in [-0.4, -0.2) is 27.7 Å². The molecular weight excluding hydrogens is 238 g/mol. The zero-order valence-corrected chi connectivity index (χ0v) is 9.79. The number of nitrogens with one attached hydrogen (secondary N) is 1. The Hall–Kier alpha value is -2.15. The van der Waals surface area contributed by atoms with Gasteiger partial charge in [-0.05, 0) is 19.4 Å². The zero-order valence-electron chi connectivity index (χ0n) is 9.79. The van der Waals surface area contributed by atoms with Gasteiger partial charge in [0.05, 0.1) is 11.0 Å². The van der Waals surface area contributed by atoms with Crippen molar-refractivity contribution in [3.05, 3.63) is 28.3 Å². The molecule has 0 aliphatic heterocycles. The van der Waals surface area contributed by atoms with Gasteiger partial charge in [-0.25, -0.2) is 0 Å². The molecule has 7 nitrogen and oxygen atoms in total. The number of benzene rings is 1. The number of aliphatic hydroxyl groups excluding tert-OH is 1. The van der Waals surface area contributed by atoms with E-state index in [0.29, 0.717) is 18.5 Å². The van der Waals surface area contributed by atoms with Gasteiger partial charge in [-0.15, -0.1) is 0 Å². The third kappa shape index (κ3) is 2.57. The molecule has 96 valence electrons. The predicted octanol–water partition coefficient (Wildman–Crippen LogP) is 1.92. The number of non-ortho nitro benzene ring substituents is 1. The molecule has 0 fully saturated rings. The minimum atomic E-state index is -0.496. The molecule has 2 rings (SSSR count). The van der Waals surface area contributed by atoms with E-state index in [-0.39, 0.29) is 17.2 Å². The van der Waals surface area contributed by atoms with Gasteiger partial charge in [0.1, 0.15) is 0 Å². The molecule has 0 spiro atoms. The molecule has 18 heavy (non-hydrogen) atoms.